The van der Waals surface area contributed by atoms with E-state index in [1.54, 1.807) is 12.1 Å². The summed E-state index contributed by atoms with van der Waals surface area (Å²) in [7, 11) is 2.25. The Labute approximate surface area is 93.1 Å². The minimum atomic E-state index is -0.0721. The van der Waals surface area contributed by atoms with E-state index in [4.69, 9.17) is 0 Å². The van der Waals surface area contributed by atoms with E-state index in [0.717, 1.165) is 18.3 Å². The molecule has 0 fully saturated rings. The molecule has 0 nitrogen and oxygen atoms in total. The van der Waals surface area contributed by atoms with Gasteiger partial charge < -0.3 is 0 Å². The van der Waals surface area contributed by atoms with E-state index in [-0.39, 0.29) is 11.6 Å². The molecule has 0 aliphatic rings. The van der Waals surface area contributed by atoms with Crippen LogP contribution in [0.2, 0.25) is 6.32 Å². The van der Waals surface area contributed by atoms with Gasteiger partial charge >= 0.3 is 0 Å². The Morgan fingerprint density at radius 2 is 2.00 bits per heavy atom. The van der Waals surface area contributed by atoms with Crippen molar-refractivity contribution < 1.29 is 4.39 Å². The lowest BCUT2D eigenvalue weighted by Crippen LogP contribution is -2.08. The minimum Gasteiger partial charge on any atom is -0.207 e. The van der Waals surface area contributed by atoms with Crippen molar-refractivity contribution in [2.75, 3.05) is 0 Å². The third-order valence-corrected chi connectivity index (χ3v) is 2.75. The molecule has 0 aliphatic heterocycles. The third-order valence-electron chi connectivity index (χ3n) is 2.75. The number of benzene rings is 1. The van der Waals surface area contributed by atoms with Crippen molar-refractivity contribution >= 4 is 7.28 Å². The predicted octanol–water partition coefficient (Wildman–Crippen LogP) is 4.20. The second-order valence-electron chi connectivity index (χ2n) is 3.91. The van der Waals surface area contributed by atoms with E-state index in [9.17, 15) is 4.39 Å². The molecule has 0 bridgehead atoms. The Balaban J connectivity index is 2.61. The molecule has 0 aromatic heterocycles. The van der Waals surface area contributed by atoms with Crippen LogP contribution >= 0.6 is 0 Å². The standard InChI is InChI=1S/C13H19BF/c1-3-5-10-14-12(4-2)11-8-6-7-9-13(11)15/h6-9,12H,3-5,10H2,1-2H3. The number of unbranched alkanes of at least 4 members (excludes halogenated alkanes) is 1. The van der Waals surface area contributed by atoms with Gasteiger partial charge in [-0.1, -0.05) is 57.6 Å². The summed E-state index contributed by atoms with van der Waals surface area (Å²) >= 11 is 0. The maximum absolute atomic E-state index is 13.5. The molecule has 1 radical (unpaired) electrons. The van der Waals surface area contributed by atoms with Crippen LogP contribution < -0.4 is 0 Å². The van der Waals surface area contributed by atoms with Crippen molar-refractivity contribution in [2.45, 2.75) is 45.2 Å². The predicted molar refractivity (Wildman–Crippen MR) is 64.9 cm³/mol. The Morgan fingerprint density at radius 1 is 1.27 bits per heavy atom. The molecule has 0 amide bonds. The highest BCUT2D eigenvalue weighted by Gasteiger charge is 2.13. The summed E-state index contributed by atoms with van der Waals surface area (Å²) in [4.78, 5) is 0. The Bertz CT molecular complexity index is 286. The summed E-state index contributed by atoms with van der Waals surface area (Å²) in [5.41, 5.74) is 0.844. The zero-order valence-electron chi connectivity index (χ0n) is 9.67. The number of rotatable bonds is 6. The van der Waals surface area contributed by atoms with Crippen LogP contribution in [0.4, 0.5) is 4.39 Å². The van der Waals surface area contributed by atoms with Crippen LogP contribution in [0.15, 0.2) is 24.3 Å². The average molecular weight is 205 g/mol. The van der Waals surface area contributed by atoms with E-state index in [2.05, 4.69) is 21.1 Å². The highest BCUT2D eigenvalue weighted by atomic mass is 19.1. The summed E-state index contributed by atoms with van der Waals surface area (Å²) in [5, 5.41) is 0. The van der Waals surface area contributed by atoms with E-state index in [1.807, 2.05) is 12.1 Å². The van der Waals surface area contributed by atoms with Crippen molar-refractivity contribution in [1.82, 2.24) is 0 Å². The van der Waals surface area contributed by atoms with Crippen LogP contribution in [0.3, 0.4) is 0 Å². The van der Waals surface area contributed by atoms with E-state index in [0.29, 0.717) is 0 Å². The van der Waals surface area contributed by atoms with Gasteiger partial charge in [0.15, 0.2) is 0 Å². The molecule has 15 heavy (non-hydrogen) atoms. The van der Waals surface area contributed by atoms with Crippen LogP contribution in [0.1, 0.15) is 44.5 Å². The average Bonchev–Trinajstić information content (AvgIpc) is 2.26. The van der Waals surface area contributed by atoms with Crippen LogP contribution in [-0.4, -0.2) is 7.28 Å². The van der Waals surface area contributed by atoms with Gasteiger partial charge in [0.2, 0.25) is 0 Å². The first kappa shape index (κ1) is 12.3. The van der Waals surface area contributed by atoms with Gasteiger partial charge in [0, 0.05) is 0 Å². The molecule has 0 saturated carbocycles. The molecule has 1 rings (SSSR count). The van der Waals surface area contributed by atoms with E-state index in [1.165, 1.54) is 12.8 Å². The number of hydrogen-bond acceptors (Lipinski definition) is 0. The molecule has 2 heteroatoms. The van der Waals surface area contributed by atoms with Crippen LogP contribution in [0, 0.1) is 5.82 Å². The van der Waals surface area contributed by atoms with Gasteiger partial charge in [-0.25, -0.2) is 4.39 Å². The lowest BCUT2D eigenvalue weighted by atomic mass is 9.57. The van der Waals surface area contributed by atoms with Crippen LogP contribution in [-0.2, 0) is 0 Å². The monoisotopic (exact) mass is 205 g/mol. The lowest BCUT2D eigenvalue weighted by molar-refractivity contribution is 0.603. The normalized spacial score (nSPS) is 12.5. The van der Waals surface area contributed by atoms with E-state index < -0.39 is 0 Å². The molecule has 0 saturated heterocycles. The molecular formula is C13H19BF. The molecule has 1 unspecified atom stereocenters. The van der Waals surface area contributed by atoms with Crippen molar-refractivity contribution in [1.29, 1.82) is 0 Å². The van der Waals surface area contributed by atoms with Crippen molar-refractivity contribution in [3.63, 3.8) is 0 Å². The SMILES string of the molecule is CCCC[B]C(CC)c1ccccc1F. The fourth-order valence-electron chi connectivity index (χ4n) is 1.81. The highest BCUT2D eigenvalue weighted by Crippen LogP contribution is 2.22. The zero-order valence-corrected chi connectivity index (χ0v) is 9.67. The van der Waals surface area contributed by atoms with Crippen LogP contribution in [0.5, 0.6) is 0 Å². The van der Waals surface area contributed by atoms with Gasteiger partial charge in [-0.15, -0.1) is 0 Å². The smallest absolute Gasteiger partial charge is 0.125 e. The molecule has 1 aromatic carbocycles. The Morgan fingerprint density at radius 3 is 2.60 bits per heavy atom. The number of halogens is 1. The first-order valence-corrected chi connectivity index (χ1v) is 5.87. The molecule has 0 N–H and O–H groups in total. The van der Waals surface area contributed by atoms with Crippen molar-refractivity contribution in [3.8, 4) is 0 Å². The largest absolute Gasteiger partial charge is 0.207 e. The molecule has 1 atom stereocenters. The molecule has 1 aromatic rings. The summed E-state index contributed by atoms with van der Waals surface area (Å²) in [5.74, 6) is 0.204. The van der Waals surface area contributed by atoms with Gasteiger partial charge in [0.1, 0.15) is 13.1 Å². The summed E-state index contributed by atoms with van der Waals surface area (Å²) in [6.45, 7) is 4.29. The quantitative estimate of drug-likeness (QED) is 0.482. The van der Waals surface area contributed by atoms with E-state index >= 15 is 0 Å². The minimum absolute atomic E-state index is 0.0721. The summed E-state index contributed by atoms with van der Waals surface area (Å²) < 4.78 is 13.5. The van der Waals surface area contributed by atoms with Gasteiger partial charge in [-0.05, 0) is 17.4 Å². The molecule has 0 heterocycles. The van der Waals surface area contributed by atoms with Gasteiger partial charge in [-0.3, -0.25) is 0 Å². The highest BCUT2D eigenvalue weighted by molar-refractivity contribution is 6.37. The van der Waals surface area contributed by atoms with Gasteiger partial charge in [0.25, 0.3) is 0 Å². The molecule has 0 spiro atoms. The summed E-state index contributed by atoms with van der Waals surface area (Å²) in [6, 6.07) is 7.10. The molecule has 0 aliphatic carbocycles. The second-order valence-corrected chi connectivity index (χ2v) is 3.91. The van der Waals surface area contributed by atoms with Gasteiger partial charge in [0.05, 0.1) is 0 Å². The lowest BCUT2D eigenvalue weighted by Gasteiger charge is -2.14. The fourth-order valence-corrected chi connectivity index (χ4v) is 1.81. The maximum atomic E-state index is 13.5. The van der Waals surface area contributed by atoms with Crippen molar-refractivity contribution in [3.05, 3.63) is 35.6 Å². The fraction of sp³-hybridized carbons (Fsp3) is 0.538. The zero-order chi connectivity index (χ0) is 11.1. The topological polar surface area (TPSA) is 0 Å². The second kappa shape index (κ2) is 6.65. The first-order chi connectivity index (χ1) is 7.29. The van der Waals surface area contributed by atoms with Gasteiger partial charge in [-0.2, -0.15) is 0 Å². The number of hydrogen-bond donors (Lipinski definition) is 0. The Hall–Kier alpha value is -0.785. The molecule has 81 valence electrons. The third kappa shape index (κ3) is 3.69. The van der Waals surface area contributed by atoms with Crippen molar-refractivity contribution in [2.24, 2.45) is 0 Å². The molecular weight excluding hydrogens is 186 g/mol. The Kier molecular flexibility index (Phi) is 5.45. The first-order valence-electron chi connectivity index (χ1n) is 5.87. The summed E-state index contributed by atoms with van der Waals surface area (Å²) in [6.07, 6.45) is 4.46. The maximum Gasteiger partial charge on any atom is 0.125 e. The van der Waals surface area contributed by atoms with Crippen LogP contribution in [0.25, 0.3) is 0 Å².